The SMILES string of the molecule is CCC1CCC(Nc2ncccc2F)C1C. The Hall–Kier alpha value is -1.12. The van der Waals surface area contributed by atoms with Crippen LogP contribution in [-0.4, -0.2) is 11.0 Å². The first kappa shape index (κ1) is 11.4. The maximum atomic E-state index is 13.4. The van der Waals surface area contributed by atoms with Crippen LogP contribution in [0.5, 0.6) is 0 Å². The topological polar surface area (TPSA) is 24.9 Å². The molecule has 3 unspecified atom stereocenters. The van der Waals surface area contributed by atoms with Crippen molar-refractivity contribution in [3.05, 3.63) is 24.1 Å². The molecule has 0 saturated heterocycles. The lowest BCUT2D eigenvalue weighted by Crippen LogP contribution is -2.25. The van der Waals surface area contributed by atoms with Crippen LogP contribution in [0.15, 0.2) is 18.3 Å². The summed E-state index contributed by atoms with van der Waals surface area (Å²) in [5.74, 6) is 1.52. The lowest BCUT2D eigenvalue weighted by atomic mass is 9.93. The van der Waals surface area contributed by atoms with Gasteiger partial charge in [0.2, 0.25) is 0 Å². The standard InChI is InChI=1S/C13H19FN2/c1-3-10-6-7-12(9(10)2)16-13-11(14)5-4-8-15-13/h4-5,8-10,12H,3,6-7H2,1-2H3,(H,15,16). The van der Waals surface area contributed by atoms with E-state index in [1.54, 1.807) is 12.3 Å². The quantitative estimate of drug-likeness (QED) is 0.847. The number of anilines is 1. The van der Waals surface area contributed by atoms with Crippen LogP contribution in [0, 0.1) is 17.7 Å². The molecule has 0 radical (unpaired) electrons. The minimum Gasteiger partial charge on any atom is -0.365 e. The smallest absolute Gasteiger partial charge is 0.165 e. The number of hydrogen-bond donors (Lipinski definition) is 1. The van der Waals surface area contributed by atoms with E-state index in [0.717, 1.165) is 12.3 Å². The maximum absolute atomic E-state index is 13.4. The molecule has 1 heterocycles. The summed E-state index contributed by atoms with van der Waals surface area (Å²) >= 11 is 0. The molecule has 1 aliphatic carbocycles. The predicted molar refractivity (Wildman–Crippen MR) is 63.8 cm³/mol. The van der Waals surface area contributed by atoms with Crippen molar-refractivity contribution < 1.29 is 4.39 Å². The number of halogens is 1. The average molecular weight is 222 g/mol. The molecular formula is C13H19FN2. The summed E-state index contributed by atoms with van der Waals surface area (Å²) in [5.41, 5.74) is 0. The lowest BCUT2D eigenvalue weighted by molar-refractivity contribution is 0.391. The molecule has 3 heteroatoms. The van der Waals surface area contributed by atoms with Crippen LogP contribution in [-0.2, 0) is 0 Å². The van der Waals surface area contributed by atoms with E-state index in [1.807, 2.05) is 0 Å². The lowest BCUT2D eigenvalue weighted by Gasteiger charge is -2.21. The van der Waals surface area contributed by atoms with Crippen molar-refractivity contribution in [3.8, 4) is 0 Å². The highest BCUT2D eigenvalue weighted by molar-refractivity contribution is 5.37. The van der Waals surface area contributed by atoms with Crippen molar-refractivity contribution in [1.29, 1.82) is 0 Å². The second-order valence-corrected chi connectivity index (χ2v) is 4.69. The Morgan fingerprint density at radius 3 is 2.94 bits per heavy atom. The van der Waals surface area contributed by atoms with E-state index in [4.69, 9.17) is 0 Å². The second kappa shape index (κ2) is 4.81. The van der Waals surface area contributed by atoms with Gasteiger partial charge in [0, 0.05) is 12.2 Å². The Morgan fingerprint density at radius 2 is 2.31 bits per heavy atom. The van der Waals surface area contributed by atoms with Crippen LogP contribution in [0.3, 0.4) is 0 Å². The molecule has 0 aromatic carbocycles. The highest BCUT2D eigenvalue weighted by Crippen LogP contribution is 2.35. The number of aromatic nitrogens is 1. The third-order valence-electron chi connectivity index (χ3n) is 3.83. The van der Waals surface area contributed by atoms with E-state index in [9.17, 15) is 4.39 Å². The van der Waals surface area contributed by atoms with Crippen LogP contribution in [0.25, 0.3) is 0 Å². The molecule has 16 heavy (non-hydrogen) atoms. The summed E-state index contributed by atoms with van der Waals surface area (Å²) in [6.07, 6.45) is 5.20. The van der Waals surface area contributed by atoms with Crippen molar-refractivity contribution in [2.45, 2.75) is 39.2 Å². The summed E-state index contributed by atoms with van der Waals surface area (Å²) in [5, 5.41) is 3.24. The third-order valence-corrected chi connectivity index (χ3v) is 3.83. The van der Waals surface area contributed by atoms with E-state index in [2.05, 4.69) is 24.1 Å². The van der Waals surface area contributed by atoms with Gasteiger partial charge in [0.1, 0.15) is 0 Å². The molecule has 1 aromatic heterocycles. The van der Waals surface area contributed by atoms with Crippen molar-refractivity contribution in [2.24, 2.45) is 11.8 Å². The van der Waals surface area contributed by atoms with Gasteiger partial charge in [0.15, 0.2) is 11.6 Å². The van der Waals surface area contributed by atoms with Crippen LogP contribution in [0.2, 0.25) is 0 Å². The first-order valence-electron chi connectivity index (χ1n) is 6.09. The molecule has 1 N–H and O–H groups in total. The van der Waals surface area contributed by atoms with Gasteiger partial charge in [0.05, 0.1) is 0 Å². The summed E-state index contributed by atoms with van der Waals surface area (Å²) in [6, 6.07) is 3.44. The van der Waals surface area contributed by atoms with Crippen molar-refractivity contribution in [1.82, 2.24) is 4.98 Å². The number of nitrogens with one attached hydrogen (secondary N) is 1. The van der Waals surface area contributed by atoms with Gasteiger partial charge in [-0.3, -0.25) is 0 Å². The zero-order valence-electron chi connectivity index (χ0n) is 9.91. The molecular weight excluding hydrogens is 203 g/mol. The molecule has 0 spiro atoms. The summed E-state index contributed by atoms with van der Waals surface area (Å²) in [4.78, 5) is 4.04. The first-order chi connectivity index (χ1) is 7.72. The van der Waals surface area contributed by atoms with E-state index in [-0.39, 0.29) is 5.82 Å². The predicted octanol–water partition coefficient (Wildman–Crippen LogP) is 3.46. The fourth-order valence-electron chi connectivity index (χ4n) is 2.69. The zero-order chi connectivity index (χ0) is 11.5. The molecule has 1 saturated carbocycles. The Bertz CT molecular complexity index is 354. The molecule has 1 aliphatic rings. The van der Waals surface area contributed by atoms with Crippen molar-refractivity contribution in [3.63, 3.8) is 0 Å². The van der Waals surface area contributed by atoms with Gasteiger partial charge in [-0.1, -0.05) is 20.3 Å². The number of pyridine rings is 1. The van der Waals surface area contributed by atoms with Crippen molar-refractivity contribution >= 4 is 5.82 Å². The minimum absolute atomic E-state index is 0.255. The van der Waals surface area contributed by atoms with Gasteiger partial charge in [-0.25, -0.2) is 9.37 Å². The van der Waals surface area contributed by atoms with Gasteiger partial charge >= 0.3 is 0 Å². The summed E-state index contributed by atoms with van der Waals surface area (Å²) < 4.78 is 13.4. The third kappa shape index (κ3) is 2.18. The van der Waals surface area contributed by atoms with Gasteiger partial charge in [-0.05, 0) is 36.8 Å². The fourth-order valence-corrected chi connectivity index (χ4v) is 2.69. The molecule has 0 aliphatic heterocycles. The Labute approximate surface area is 96.3 Å². The van der Waals surface area contributed by atoms with Crippen LogP contribution in [0.1, 0.15) is 33.1 Å². The first-order valence-corrected chi connectivity index (χ1v) is 6.09. The van der Waals surface area contributed by atoms with Gasteiger partial charge in [0.25, 0.3) is 0 Å². The molecule has 0 bridgehead atoms. The molecule has 2 nitrogen and oxygen atoms in total. The van der Waals surface area contributed by atoms with Crippen LogP contribution in [0.4, 0.5) is 10.2 Å². The van der Waals surface area contributed by atoms with E-state index in [1.165, 1.54) is 18.9 Å². The highest BCUT2D eigenvalue weighted by Gasteiger charge is 2.31. The molecule has 88 valence electrons. The normalized spacial score (nSPS) is 29.3. The van der Waals surface area contributed by atoms with Crippen LogP contribution >= 0.6 is 0 Å². The monoisotopic (exact) mass is 222 g/mol. The maximum Gasteiger partial charge on any atom is 0.165 e. The van der Waals surface area contributed by atoms with Crippen molar-refractivity contribution in [2.75, 3.05) is 5.32 Å². The molecule has 1 fully saturated rings. The highest BCUT2D eigenvalue weighted by atomic mass is 19.1. The van der Waals surface area contributed by atoms with E-state index >= 15 is 0 Å². The summed E-state index contributed by atoms with van der Waals surface area (Å²) in [6.45, 7) is 4.48. The largest absolute Gasteiger partial charge is 0.365 e. The molecule has 3 atom stereocenters. The van der Waals surface area contributed by atoms with Gasteiger partial charge in [-0.2, -0.15) is 0 Å². The number of hydrogen-bond acceptors (Lipinski definition) is 2. The molecule has 2 rings (SSSR count). The Kier molecular flexibility index (Phi) is 3.42. The molecule has 1 aromatic rings. The van der Waals surface area contributed by atoms with Crippen LogP contribution < -0.4 is 5.32 Å². The number of rotatable bonds is 3. The fraction of sp³-hybridized carbons (Fsp3) is 0.615. The Morgan fingerprint density at radius 1 is 1.50 bits per heavy atom. The minimum atomic E-state index is -0.255. The molecule has 0 amide bonds. The zero-order valence-corrected chi connectivity index (χ0v) is 9.91. The van der Waals surface area contributed by atoms with Gasteiger partial charge < -0.3 is 5.32 Å². The average Bonchev–Trinajstić information content (AvgIpc) is 2.63. The number of nitrogens with zero attached hydrogens (tertiary/aromatic N) is 1. The second-order valence-electron chi connectivity index (χ2n) is 4.69. The van der Waals surface area contributed by atoms with E-state index in [0.29, 0.717) is 17.8 Å². The van der Waals surface area contributed by atoms with Gasteiger partial charge in [-0.15, -0.1) is 0 Å². The van der Waals surface area contributed by atoms with E-state index < -0.39 is 0 Å². The summed E-state index contributed by atoms with van der Waals surface area (Å²) in [7, 11) is 0. The Balaban J connectivity index is 2.04.